The average molecular weight is 488 g/mol. The Bertz CT molecular complexity index is 1420. The van der Waals surface area contributed by atoms with Gasteiger partial charge in [0.15, 0.2) is 16.6 Å². The van der Waals surface area contributed by atoms with E-state index in [0.29, 0.717) is 12.0 Å². The molecular formula is C28H29N3O3S. The highest BCUT2D eigenvalue weighted by molar-refractivity contribution is 7.13. The Morgan fingerprint density at radius 2 is 1.89 bits per heavy atom. The molecule has 0 fully saturated rings. The minimum atomic E-state index is -0.133. The molecule has 0 radical (unpaired) electrons. The summed E-state index contributed by atoms with van der Waals surface area (Å²) in [4.78, 5) is 17.4. The fourth-order valence-electron chi connectivity index (χ4n) is 3.72. The number of para-hydroxylation sites is 1. The number of carbonyl (C=O) groups is 1. The van der Waals surface area contributed by atoms with Crippen LogP contribution in [0.1, 0.15) is 30.5 Å². The Morgan fingerprint density at radius 1 is 1.14 bits per heavy atom. The first kappa shape index (κ1) is 24.3. The number of anilines is 2. The topological polar surface area (TPSA) is 72.5 Å². The SMILES string of the molecule is C=C(Cc1ccc2c(c1)OCO2)Nc1nc(=C/C=C(\C)C(=O)Nc2c(C)cccc2C)/c(=C\C)s1. The van der Waals surface area contributed by atoms with Gasteiger partial charge in [0, 0.05) is 23.4 Å². The average Bonchev–Trinajstić information content (AvgIpc) is 3.45. The summed E-state index contributed by atoms with van der Waals surface area (Å²) in [6, 6.07) is 11.8. The minimum Gasteiger partial charge on any atom is -0.454 e. The number of aromatic nitrogens is 1. The molecule has 1 aliphatic rings. The summed E-state index contributed by atoms with van der Waals surface area (Å²) in [5.41, 5.74) is 5.43. The van der Waals surface area contributed by atoms with Gasteiger partial charge in [-0.15, -0.1) is 0 Å². The van der Waals surface area contributed by atoms with Crippen molar-refractivity contribution in [3.8, 4) is 11.5 Å². The first-order valence-electron chi connectivity index (χ1n) is 11.4. The van der Waals surface area contributed by atoms with E-state index in [0.717, 1.165) is 54.6 Å². The van der Waals surface area contributed by atoms with Crippen molar-refractivity contribution in [1.29, 1.82) is 0 Å². The smallest absolute Gasteiger partial charge is 0.251 e. The molecule has 2 aromatic carbocycles. The number of rotatable bonds is 7. The molecule has 0 unspecified atom stereocenters. The van der Waals surface area contributed by atoms with Gasteiger partial charge in [-0.05, 0) is 62.6 Å². The van der Waals surface area contributed by atoms with Crippen LogP contribution < -0.4 is 30.0 Å². The van der Waals surface area contributed by atoms with Gasteiger partial charge in [-0.25, -0.2) is 4.98 Å². The van der Waals surface area contributed by atoms with E-state index < -0.39 is 0 Å². The zero-order chi connectivity index (χ0) is 24.9. The van der Waals surface area contributed by atoms with Crippen molar-refractivity contribution in [1.82, 2.24) is 4.98 Å². The molecule has 0 aliphatic carbocycles. The van der Waals surface area contributed by atoms with Gasteiger partial charge in [-0.2, -0.15) is 0 Å². The van der Waals surface area contributed by atoms with Gasteiger partial charge in [-0.3, -0.25) is 4.79 Å². The molecule has 1 amide bonds. The summed E-state index contributed by atoms with van der Waals surface area (Å²) in [5.74, 6) is 1.39. The summed E-state index contributed by atoms with van der Waals surface area (Å²) in [6.07, 6.45) is 6.32. The van der Waals surface area contributed by atoms with Crippen LogP contribution in [0.3, 0.4) is 0 Å². The fraction of sp³-hybridized carbons (Fsp3) is 0.214. The van der Waals surface area contributed by atoms with Crippen LogP contribution in [0.15, 0.2) is 60.3 Å². The molecule has 2 N–H and O–H groups in total. The van der Waals surface area contributed by atoms with E-state index in [4.69, 9.17) is 14.5 Å². The van der Waals surface area contributed by atoms with Crippen LogP contribution in [-0.4, -0.2) is 17.7 Å². The maximum Gasteiger partial charge on any atom is 0.251 e. The quantitative estimate of drug-likeness (QED) is 0.468. The Morgan fingerprint density at radius 3 is 2.63 bits per heavy atom. The molecule has 180 valence electrons. The fourth-order valence-corrected chi connectivity index (χ4v) is 4.60. The summed E-state index contributed by atoms with van der Waals surface area (Å²) in [6.45, 7) is 12.2. The molecule has 6 nitrogen and oxygen atoms in total. The molecule has 3 aromatic rings. The lowest BCUT2D eigenvalue weighted by atomic mass is 10.1. The first-order valence-corrected chi connectivity index (χ1v) is 12.2. The Hall–Kier alpha value is -3.84. The maximum absolute atomic E-state index is 12.7. The molecule has 4 rings (SSSR count). The van der Waals surface area contributed by atoms with E-state index in [1.165, 1.54) is 0 Å². The van der Waals surface area contributed by atoms with Gasteiger partial charge in [0.1, 0.15) is 0 Å². The zero-order valence-electron chi connectivity index (χ0n) is 20.4. The first-order chi connectivity index (χ1) is 16.8. The van der Waals surface area contributed by atoms with Crippen LogP contribution in [0.25, 0.3) is 12.2 Å². The molecule has 7 heteroatoms. The van der Waals surface area contributed by atoms with Gasteiger partial charge < -0.3 is 20.1 Å². The molecule has 0 saturated heterocycles. The van der Waals surface area contributed by atoms with Crippen LogP contribution in [-0.2, 0) is 11.2 Å². The zero-order valence-corrected chi connectivity index (χ0v) is 21.2. The molecule has 0 saturated carbocycles. The summed E-state index contributed by atoms with van der Waals surface area (Å²) >= 11 is 1.54. The van der Waals surface area contributed by atoms with Crippen LogP contribution >= 0.6 is 11.3 Å². The molecule has 0 bridgehead atoms. The van der Waals surface area contributed by atoms with E-state index in [9.17, 15) is 4.79 Å². The van der Waals surface area contributed by atoms with Gasteiger partial charge >= 0.3 is 0 Å². The number of fused-ring (bicyclic) bond motifs is 1. The maximum atomic E-state index is 12.7. The third-order valence-corrected chi connectivity index (χ3v) is 6.70. The lowest BCUT2D eigenvalue weighted by Gasteiger charge is -2.11. The monoisotopic (exact) mass is 487 g/mol. The van der Waals surface area contributed by atoms with Crippen molar-refractivity contribution >= 4 is 40.2 Å². The molecule has 1 aliphatic heterocycles. The third-order valence-electron chi connectivity index (χ3n) is 5.65. The summed E-state index contributed by atoms with van der Waals surface area (Å²) in [5, 5.41) is 7.88. The van der Waals surface area contributed by atoms with Gasteiger partial charge in [0.25, 0.3) is 5.91 Å². The Labute approximate surface area is 209 Å². The molecule has 0 atom stereocenters. The lowest BCUT2D eigenvalue weighted by molar-refractivity contribution is -0.112. The predicted octanol–water partition coefficient (Wildman–Crippen LogP) is 4.82. The van der Waals surface area contributed by atoms with Crippen LogP contribution in [0, 0.1) is 13.8 Å². The van der Waals surface area contributed by atoms with Crippen molar-refractivity contribution < 1.29 is 14.3 Å². The number of benzene rings is 2. The van der Waals surface area contributed by atoms with Crippen LogP contribution in [0.4, 0.5) is 10.8 Å². The highest BCUT2D eigenvalue weighted by Crippen LogP contribution is 2.33. The Kier molecular flexibility index (Phi) is 7.36. The van der Waals surface area contributed by atoms with E-state index >= 15 is 0 Å². The standard InChI is InChI=1S/C28H29N3O3S/c1-6-25-22(12-10-19(4)27(32)31-26-17(2)8-7-9-18(26)3)30-28(35-25)29-20(5)14-21-11-13-23-24(15-21)34-16-33-23/h6-13,15H,5,14,16H2,1-4H3,(H,29,30)(H,31,32)/b19-10+,22-12+,25-6+. The number of hydrogen-bond donors (Lipinski definition) is 2. The van der Waals surface area contributed by atoms with Crippen molar-refractivity contribution in [2.45, 2.75) is 34.1 Å². The van der Waals surface area contributed by atoms with E-state index in [1.54, 1.807) is 24.3 Å². The van der Waals surface area contributed by atoms with Crippen LogP contribution in [0.5, 0.6) is 11.5 Å². The number of carbonyl (C=O) groups excluding carboxylic acids is 1. The predicted molar refractivity (Wildman–Crippen MR) is 143 cm³/mol. The number of nitrogens with one attached hydrogen (secondary N) is 2. The number of allylic oxidation sites excluding steroid dienone is 2. The lowest BCUT2D eigenvalue weighted by Crippen LogP contribution is -2.20. The second-order valence-corrected chi connectivity index (χ2v) is 9.42. The number of hydrogen-bond acceptors (Lipinski definition) is 6. The number of aryl methyl sites for hydroxylation is 2. The van der Waals surface area contributed by atoms with E-state index in [-0.39, 0.29) is 12.7 Å². The van der Waals surface area contributed by atoms with E-state index in [2.05, 4.69) is 17.2 Å². The molecular weight excluding hydrogens is 458 g/mol. The molecule has 1 aromatic heterocycles. The Balaban J connectivity index is 1.46. The van der Waals surface area contributed by atoms with Gasteiger partial charge in [0.2, 0.25) is 6.79 Å². The summed E-state index contributed by atoms with van der Waals surface area (Å²) < 4.78 is 11.8. The molecule has 35 heavy (non-hydrogen) atoms. The number of ether oxygens (including phenoxy) is 2. The molecule has 2 heterocycles. The van der Waals surface area contributed by atoms with E-state index in [1.807, 2.05) is 69.3 Å². The van der Waals surface area contributed by atoms with Crippen molar-refractivity contribution in [3.05, 3.63) is 86.9 Å². The summed E-state index contributed by atoms with van der Waals surface area (Å²) in [7, 11) is 0. The normalized spacial score (nSPS) is 13.8. The second-order valence-electron chi connectivity index (χ2n) is 8.39. The largest absolute Gasteiger partial charge is 0.454 e. The van der Waals surface area contributed by atoms with Gasteiger partial charge in [-0.1, -0.05) is 54.3 Å². The van der Waals surface area contributed by atoms with Gasteiger partial charge in [0.05, 0.1) is 9.88 Å². The van der Waals surface area contributed by atoms with Crippen LogP contribution in [0.2, 0.25) is 0 Å². The number of thiazole rings is 1. The van der Waals surface area contributed by atoms with Crippen molar-refractivity contribution in [2.75, 3.05) is 17.4 Å². The highest BCUT2D eigenvalue weighted by atomic mass is 32.1. The minimum absolute atomic E-state index is 0.133. The number of amides is 1. The number of nitrogens with zero attached hydrogens (tertiary/aromatic N) is 1. The third kappa shape index (κ3) is 5.81. The second kappa shape index (κ2) is 10.6. The molecule has 0 spiro atoms. The highest BCUT2D eigenvalue weighted by Gasteiger charge is 2.14. The van der Waals surface area contributed by atoms with Crippen molar-refractivity contribution in [3.63, 3.8) is 0 Å². The van der Waals surface area contributed by atoms with Crippen molar-refractivity contribution in [2.24, 2.45) is 0 Å².